The second-order valence-corrected chi connectivity index (χ2v) is 6.03. The SMILES string of the molecule is CCOc1ccc(OCCOCC[NH+]2C[C@@H](C)O[C@H](C)C2)cc1. The number of quaternary nitrogens is 1. The summed E-state index contributed by atoms with van der Waals surface area (Å²) in [5.41, 5.74) is 0. The number of ether oxygens (including phenoxy) is 4. The Morgan fingerprint density at radius 2 is 1.57 bits per heavy atom. The van der Waals surface area contributed by atoms with Crippen LogP contribution in [-0.2, 0) is 9.47 Å². The summed E-state index contributed by atoms with van der Waals surface area (Å²) in [6.07, 6.45) is 0.688. The lowest BCUT2D eigenvalue weighted by molar-refractivity contribution is -0.915. The van der Waals surface area contributed by atoms with E-state index in [1.165, 1.54) is 0 Å². The zero-order valence-electron chi connectivity index (χ0n) is 14.5. The van der Waals surface area contributed by atoms with Crippen LogP contribution < -0.4 is 14.4 Å². The second-order valence-electron chi connectivity index (χ2n) is 6.03. The molecule has 1 N–H and O–H groups in total. The number of hydrogen-bond acceptors (Lipinski definition) is 4. The zero-order valence-corrected chi connectivity index (χ0v) is 14.5. The van der Waals surface area contributed by atoms with Gasteiger partial charge in [-0.1, -0.05) is 0 Å². The highest BCUT2D eigenvalue weighted by Gasteiger charge is 2.24. The Kier molecular flexibility index (Phi) is 7.65. The van der Waals surface area contributed by atoms with Crippen molar-refractivity contribution in [3.63, 3.8) is 0 Å². The molecule has 5 heteroatoms. The smallest absolute Gasteiger partial charge is 0.119 e. The third-order valence-corrected chi connectivity index (χ3v) is 3.85. The minimum Gasteiger partial charge on any atom is -0.494 e. The first-order valence-electron chi connectivity index (χ1n) is 8.59. The first-order valence-corrected chi connectivity index (χ1v) is 8.59. The van der Waals surface area contributed by atoms with Crippen LogP contribution in [0.15, 0.2) is 24.3 Å². The van der Waals surface area contributed by atoms with Gasteiger partial charge in [0.1, 0.15) is 49.9 Å². The lowest BCUT2D eigenvalue weighted by Gasteiger charge is -2.32. The molecule has 1 aliphatic heterocycles. The van der Waals surface area contributed by atoms with Gasteiger partial charge in [0.2, 0.25) is 0 Å². The zero-order chi connectivity index (χ0) is 16.5. The van der Waals surface area contributed by atoms with Crippen molar-refractivity contribution in [2.75, 3.05) is 46.1 Å². The average molecular weight is 324 g/mol. The fraction of sp³-hybridized carbons (Fsp3) is 0.667. The highest BCUT2D eigenvalue weighted by molar-refractivity contribution is 5.31. The van der Waals surface area contributed by atoms with Gasteiger partial charge < -0.3 is 23.8 Å². The quantitative estimate of drug-likeness (QED) is 0.693. The van der Waals surface area contributed by atoms with Crippen molar-refractivity contribution in [1.82, 2.24) is 0 Å². The predicted octanol–water partition coefficient (Wildman–Crippen LogP) is 1.17. The molecule has 1 aliphatic rings. The molecule has 5 nitrogen and oxygen atoms in total. The molecule has 1 aromatic carbocycles. The first-order chi connectivity index (χ1) is 11.2. The van der Waals surface area contributed by atoms with Crippen LogP contribution in [0, 0.1) is 0 Å². The van der Waals surface area contributed by atoms with Gasteiger partial charge in [0.05, 0.1) is 19.8 Å². The van der Waals surface area contributed by atoms with E-state index < -0.39 is 0 Å². The van der Waals surface area contributed by atoms with E-state index in [2.05, 4.69) is 13.8 Å². The van der Waals surface area contributed by atoms with E-state index in [9.17, 15) is 0 Å². The lowest BCUT2D eigenvalue weighted by Crippen LogP contribution is -3.15. The van der Waals surface area contributed by atoms with Crippen molar-refractivity contribution in [1.29, 1.82) is 0 Å². The molecule has 0 amide bonds. The number of rotatable bonds is 9. The van der Waals surface area contributed by atoms with Crippen LogP contribution in [0.4, 0.5) is 0 Å². The van der Waals surface area contributed by atoms with Crippen LogP contribution >= 0.6 is 0 Å². The Hall–Kier alpha value is -1.30. The van der Waals surface area contributed by atoms with Crippen LogP contribution in [0.2, 0.25) is 0 Å². The van der Waals surface area contributed by atoms with Gasteiger partial charge in [-0.15, -0.1) is 0 Å². The summed E-state index contributed by atoms with van der Waals surface area (Å²) < 4.78 is 22.5. The fourth-order valence-corrected chi connectivity index (χ4v) is 2.93. The van der Waals surface area contributed by atoms with Gasteiger partial charge in [0, 0.05) is 0 Å². The van der Waals surface area contributed by atoms with Crippen LogP contribution in [0.3, 0.4) is 0 Å². The Morgan fingerprint density at radius 3 is 2.17 bits per heavy atom. The fourth-order valence-electron chi connectivity index (χ4n) is 2.93. The van der Waals surface area contributed by atoms with Gasteiger partial charge in [-0.05, 0) is 45.0 Å². The first kappa shape index (κ1) is 18.0. The Balaban J connectivity index is 1.53. The van der Waals surface area contributed by atoms with E-state index in [1.54, 1.807) is 4.90 Å². The molecule has 1 fully saturated rings. The van der Waals surface area contributed by atoms with Crippen molar-refractivity contribution in [3.05, 3.63) is 24.3 Å². The molecule has 0 spiro atoms. The van der Waals surface area contributed by atoms with Gasteiger partial charge in [-0.2, -0.15) is 0 Å². The van der Waals surface area contributed by atoms with Gasteiger partial charge >= 0.3 is 0 Å². The maximum atomic E-state index is 5.74. The molecule has 2 rings (SSSR count). The molecule has 0 unspecified atom stereocenters. The van der Waals surface area contributed by atoms with Crippen LogP contribution in [0.25, 0.3) is 0 Å². The molecule has 2 atom stereocenters. The molecule has 0 radical (unpaired) electrons. The average Bonchev–Trinajstić information content (AvgIpc) is 2.51. The highest BCUT2D eigenvalue weighted by atomic mass is 16.5. The van der Waals surface area contributed by atoms with Gasteiger partial charge in [0.25, 0.3) is 0 Å². The van der Waals surface area contributed by atoms with E-state index in [4.69, 9.17) is 18.9 Å². The topological polar surface area (TPSA) is 41.4 Å². The third kappa shape index (κ3) is 6.77. The molecular formula is C18H30NO4+. The van der Waals surface area contributed by atoms with Crippen molar-refractivity contribution < 1.29 is 23.8 Å². The molecule has 1 saturated heterocycles. The lowest BCUT2D eigenvalue weighted by atomic mass is 10.2. The second kappa shape index (κ2) is 9.75. The highest BCUT2D eigenvalue weighted by Crippen LogP contribution is 2.17. The summed E-state index contributed by atoms with van der Waals surface area (Å²) in [5, 5.41) is 0. The molecule has 0 aromatic heterocycles. The molecule has 1 aromatic rings. The predicted molar refractivity (Wildman–Crippen MR) is 89.5 cm³/mol. The maximum Gasteiger partial charge on any atom is 0.119 e. The number of hydrogen-bond donors (Lipinski definition) is 1. The standard InChI is InChI=1S/C18H29NO4/c1-4-21-17-5-7-18(8-6-17)22-12-11-20-10-9-19-13-15(2)23-16(3)14-19/h5-8,15-16H,4,9-14H2,1-3H3/p+1/t15-,16-/m1/s1. The van der Waals surface area contributed by atoms with E-state index in [1.807, 2.05) is 31.2 Å². The normalized spacial score (nSPS) is 24.4. The minimum atomic E-state index is 0.344. The van der Waals surface area contributed by atoms with Crippen molar-refractivity contribution in [3.8, 4) is 11.5 Å². The van der Waals surface area contributed by atoms with E-state index in [0.29, 0.717) is 32.0 Å². The molecule has 1 heterocycles. The summed E-state index contributed by atoms with van der Waals surface area (Å²) in [4.78, 5) is 1.56. The molecule has 0 bridgehead atoms. The van der Waals surface area contributed by atoms with E-state index in [-0.39, 0.29) is 0 Å². The minimum absolute atomic E-state index is 0.344. The summed E-state index contributed by atoms with van der Waals surface area (Å²) in [7, 11) is 0. The molecule has 0 aliphatic carbocycles. The molecule has 130 valence electrons. The Labute approximate surface area is 139 Å². The van der Waals surface area contributed by atoms with Crippen LogP contribution in [0.1, 0.15) is 20.8 Å². The van der Waals surface area contributed by atoms with Crippen molar-refractivity contribution in [2.45, 2.75) is 33.0 Å². The maximum absolute atomic E-state index is 5.74. The summed E-state index contributed by atoms with van der Waals surface area (Å²) in [6.45, 7) is 12.0. The molecular weight excluding hydrogens is 294 g/mol. The number of nitrogens with one attached hydrogen (secondary N) is 1. The third-order valence-electron chi connectivity index (χ3n) is 3.85. The largest absolute Gasteiger partial charge is 0.494 e. The summed E-state index contributed by atoms with van der Waals surface area (Å²) in [6, 6.07) is 7.69. The van der Waals surface area contributed by atoms with Gasteiger partial charge in [0.15, 0.2) is 0 Å². The summed E-state index contributed by atoms with van der Waals surface area (Å²) in [5.74, 6) is 1.71. The summed E-state index contributed by atoms with van der Waals surface area (Å²) >= 11 is 0. The van der Waals surface area contributed by atoms with Crippen molar-refractivity contribution >= 4 is 0 Å². The number of benzene rings is 1. The van der Waals surface area contributed by atoms with Gasteiger partial charge in [-0.25, -0.2) is 0 Å². The molecule has 23 heavy (non-hydrogen) atoms. The number of morpholine rings is 1. The van der Waals surface area contributed by atoms with Crippen LogP contribution in [-0.4, -0.2) is 58.3 Å². The van der Waals surface area contributed by atoms with E-state index >= 15 is 0 Å². The van der Waals surface area contributed by atoms with Crippen LogP contribution in [0.5, 0.6) is 11.5 Å². The monoisotopic (exact) mass is 324 g/mol. The molecule has 0 saturated carbocycles. The van der Waals surface area contributed by atoms with E-state index in [0.717, 1.165) is 37.7 Å². The van der Waals surface area contributed by atoms with Gasteiger partial charge in [-0.3, -0.25) is 0 Å². The van der Waals surface area contributed by atoms with Crippen molar-refractivity contribution in [2.24, 2.45) is 0 Å². The Bertz CT molecular complexity index is 427. The Morgan fingerprint density at radius 1 is 0.957 bits per heavy atom.